The Kier molecular flexibility index (Phi) is 4.91. The smallest absolute Gasteiger partial charge is 0.113 e. The maximum absolute atomic E-state index is 5.00. The minimum atomic E-state index is 0.105. The molecule has 1 heterocycles. The number of nitrogens with zero attached hydrogens (tertiary/aromatic N) is 1. The number of aromatic nitrogens is 1. The van der Waals surface area contributed by atoms with Gasteiger partial charge in [0.2, 0.25) is 0 Å². The summed E-state index contributed by atoms with van der Waals surface area (Å²) in [5, 5.41) is 5.22. The molecular formula is C17H30N2S. The fourth-order valence-corrected chi connectivity index (χ4v) is 5.17. The van der Waals surface area contributed by atoms with Crippen LogP contribution in [0.3, 0.4) is 0 Å². The first-order chi connectivity index (χ1) is 9.36. The van der Waals surface area contributed by atoms with Crippen molar-refractivity contribution in [3.05, 3.63) is 15.6 Å². The van der Waals surface area contributed by atoms with Crippen molar-refractivity contribution in [2.24, 2.45) is 11.8 Å². The van der Waals surface area contributed by atoms with Crippen molar-refractivity contribution >= 4 is 11.3 Å². The van der Waals surface area contributed by atoms with E-state index in [1.165, 1.54) is 34.8 Å². The summed E-state index contributed by atoms with van der Waals surface area (Å²) >= 11 is 1.92. The van der Waals surface area contributed by atoms with Gasteiger partial charge in [0.15, 0.2) is 0 Å². The summed E-state index contributed by atoms with van der Waals surface area (Å²) in [7, 11) is 0. The van der Waals surface area contributed by atoms with Gasteiger partial charge < -0.3 is 5.32 Å². The van der Waals surface area contributed by atoms with Gasteiger partial charge in [-0.2, -0.15) is 0 Å². The zero-order chi connectivity index (χ0) is 14.9. The van der Waals surface area contributed by atoms with Crippen LogP contribution in [0.2, 0.25) is 0 Å². The van der Waals surface area contributed by atoms with Crippen LogP contribution < -0.4 is 5.32 Å². The molecule has 1 aliphatic carbocycles. The number of hydrogen-bond donors (Lipinski definition) is 1. The number of hydrogen-bond acceptors (Lipinski definition) is 3. The lowest BCUT2D eigenvalue weighted by molar-refractivity contribution is 0.133. The van der Waals surface area contributed by atoms with Gasteiger partial charge in [0, 0.05) is 10.9 Å². The molecule has 2 unspecified atom stereocenters. The highest BCUT2D eigenvalue weighted by molar-refractivity contribution is 7.11. The molecule has 0 spiro atoms. The molecule has 2 nitrogen and oxygen atoms in total. The second kappa shape index (κ2) is 6.15. The van der Waals surface area contributed by atoms with Crippen molar-refractivity contribution in [1.82, 2.24) is 10.3 Å². The van der Waals surface area contributed by atoms with E-state index in [1.54, 1.807) is 0 Å². The molecule has 1 fully saturated rings. The number of thiazole rings is 1. The molecule has 20 heavy (non-hydrogen) atoms. The Balaban J connectivity index is 2.39. The minimum Gasteiger partial charge on any atom is -0.303 e. The van der Waals surface area contributed by atoms with E-state index in [4.69, 9.17) is 4.98 Å². The van der Waals surface area contributed by atoms with Crippen LogP contribution in [0.1, 0.15) is 69.5 Å². The summed E-state index contributed by atoms with van der Waals surface area (Å²) in [4.78, 5) is 6.40. The van der Waals surface area contributed by atoms with Crippen LogP contribution in [0.25, 0.3) is 0 Å². The Morgan fingerprint density at radius 3 is 2.35 bits per heavy atom. The Labute approximate surface area is 128 Å². The SMILES string of the molecule is CCc1nc(C2(NC(C)C)CC(C)CC(C)C2)sc1C. The van der Waals surface area contributed by atoms with Gasteiger partial charge in [-0.1, -0.05) is 20.8 Å². The highest BCUT2D eigenvalue weighted by Crippen LogP contribution is 2.44. The lowest BCUT2D eigenvalue weighted by atomic mass is 9.71. The van der Waals surface area contributed by atoms with E-state index in [2.05, 4.69) is 46.9 Å². The van der Waals surface area contributed by atoms with Crippen molar-refractivity contribution in [3.8, 4) is 0 Å². The van der Waals surface area contributed by atoms with E-state index >= 15 is 0 Å². The predicted molar refractivity (Wildman–Crippen MR) is 88.4 cm³/mol. The number of aryl methyl sites for hydroxylation is 2. The van der Waals surface area contributed by atoms with E-state index < -0.39 is 0 Å². The molecule has 114 valence electrons. The van der Waals surface area contributed by atoms with Crippen LogP contribution in [-0.2, 0) is 12.0 Å². The van der Waals surface area contributed by atoms with Gasteiger partial charge in [0.25, 0.3) is 0 Å². The zero-order valence-electron chi connectivity index (χ0n) is 13.9. The first-order valence-electron chi connectivity index (χ1n) is 8.10. The third-order valence-corrected chi connectivity index (χ3v) is 5.62. The van der Waals surface area contributed by atoms with Crippen LogP contribution in [-0.4, -0.2) is 11.0 Å². The Morgan fingerprint density at radius 1 is 1.30 bits per heavy atom. The van der Waals surface area contributed by atoms with Crippen LogP contribution in [0.4, 0.5) is 0 Å². The number of rotatable bonds is 4. The largest absolute Gasteiger partial charge is 0.303 e. The van der Waals surface area contributed by atoms with Crippen molar-refractivity contribution in [2.45, 2.75) is 78.8 Å². The van der Waals surface area contributed by atoms with Crippen molar-refractivity contribution < 1.29 is 0 Å². The summed E-state index contributed by atoms with van der Waals surface area (Å²) < 4.78 is 0. The van der Waals surface area contributed by atoms with Gasteiger partial charge in [-0.3, -0.25) is 0 Å². The van der Waals surface area contributed by atoms with E-state index in [1.807, 2.05) is 11.3 Å². The van der Waals surface area contributed by atoms with Gasteiger partial charge in [-0.05, 0) is 58.3 Å². The van der Waals surface area contributed by atoms with Crippen LogP contribution in [0.5, 0.6) is 0 Å². The average molecular weight is 295 g/mol. The van der Waals surface area contributed by atoms with Crippen molar-refractivity contribution in [3.63, 3.8) is 0 Å². The molecule has 1 aromatic rings. The topological polar surface area (TPSA) is 24.9 Å². The molecule has 3 heteroatoms. The Morgan fingerprint density at radius 2 is 1.90 bits per heavy atom. The summed E-state index contributed by atoms with van der Waals surface area (Å²) in [6.45, 7) is 13.7. The molecule has 1 aromatic heterocycles. The van der Waals surface area contributed by atoms with Crippen LogP contribution in [0.15, 0.2) is 0 Å². The van der Waals surface area contributed by atoms with E-state index in [-0.39, 0.29) is 5.54 Å². The molecule has 0 bridgehead atoms. The minimum absolute atomic E-state index is 0.105. The maximum Gasteiger partial charge on any atom is 0.113 e. The lowest BCUT2D eigenvalue weighted by Gasteiger charge is -2.43. The standard InChI is InChI=1S/C17H30N2S/c1-7-15-14(6)20-16(18-15)17(19-11(2)3)9-12(4)8-13(5)10-17/h11-13,19H,7-10H2,1-6H3. The van der Waals surface area contributed by atoms with E-state index in [9.17, 15) is 0 Å². The molecule has 1 N–H and O–H groups in total. The summed E-state index contributed by atoms with van der Waals surface area (Å²) in [6.07, 6.45) is 4.86. The Bertz CT molecular complexity index is 434. The normalized spacial score (nSPS) is 30.9. The summed E-state index contributed by atoms with van der Waals surface area (Å²) in [5.41, 5.74) is 1.40. The summed E-state index contributed by atoms with van der Waals surface area (Å²) in [5.74, 6) is 1.55. The van der Waals surface area contributed by atoms with Gasteiger partial charge in [-0.15, -0.1) is 11.3 Å². The quantitative estimate of drug-likeness (QED) is 0.873. The predicted octanol–water partition coefficient (Wildman–Crippen LogP) is 4.66. The fourth-order valence-electron chi connectivity index (χ4n) is 3.99. The third-order valence-electron chi connectivity index (χ3n) is 4.40. The second-order valence-corrected chi connectivity index (χ2v) is 8.31. The van der Waals surface area contributed by atoms with E-state index in [0.29, 0.717) is 6.04 Å². The van der Waals surface area contributed by atoms with Gasteiger partial charge in [0.05, 0.1) is 11.2 Å². The van der Waals surface area contributed by atoms with Crippen molar-refractivity contribution in [1.29, 1.82) is 0 Å². The van der Waals surface area contributed by atoms with Crippen LogP contribution >= 0.6 is 11.3 Å². The molecule has 0 amide bonds. The van der Waals surface area contributed by atoms with Crippen LogP contribution in [0, 0.1) is 18.8 Å². The molecule has 0 aliphatic heterocycles. The summed E-state index contributed by atoms with van der Waals surface area (Å²) in [6, 6.07) is 0.502. The maximum atomic E-state index is 5.00. The van der Waals surface area contributed by atoms with Gasteiger partial charge in [0.1, 0.15) is 5.01 Å². The Hall–Kier alpha value is -0.410. The lowest BCUT2D eigenvalue weighted by Crippen LogP contribution is -2.50. The van der Waals surface area contributed by atoms with Crippen molar-refractivity contribution in [2.75, 3.05) is 0 Å². The fraction of sp³-hybridized carbons (Fsp3) is 0.824. The molecule has 1 saturated carbocycles. The average Bonchev–Trinajstić information content (AvgIpc) is 2.68. The molecule has 0 saturated heterocycles. The highest BCUT2D eigenvalue weighted by atomic mass is 32.1. The molecule has 0 aromatic carbocycles. The first-order valence-corrected chi connectivity index (χ1v) is 8.92. The molecule has 0 radical (unpaired) electrons. The molecule has 2 atom stereocenters. The van der Waals surface area contributed by atoms with Gasteiger partial charge in [-0.25, -0.2) is 4.98 Å². The van der Waals surface area contributed by atoms with E-state index in [0.717, 1.165) is 18.3 Å². The van der Waals surface area contributed by atoms with Gasteiger partial charge >= 0.3 is 0 Å². The second-order valence-electron chi connectivity index (χ2n) is 7.11. The third kappa shape index (κ3) is 3.25. The highest BCUT2D eigenvalue weighted by Gasteiger charge is 2.42. The number of nitrogens with one attached hydrogen (secondary N) is 1. The molecular weight excluding hydrogens is 264 g/mol. The monoisotopic (exact) mass is 294 g/mol. The molecule has 1 aliphatic rings. The zero-order valence-corrected chi connectivity index (χ0v) is 14.7. The molecule has 2 rings (SSSR count). The first kappa shape index (κ1) is 16.0.